The minimum Gasteiger partial charge on any atom is -0.865 e. The summed E-state index contributed by atoms with van der Waals surface area (Å²) in [5.74, 6) is -1.33. The number of esters is 1. The van der Waals surface area contributed by atoms with Gasteiger partial charge in [0, 0.05) is 17.5 Å². The molecule has 1 atom stereocenters. The summed E-state index contributed by atoms with van der Waals surface area (Å²) in [5.41, 5.74) is 0.265. The molecule has 1 aliphatic heterocycles. The Balaban J connectivity index is 2.23. The molecule has 2 heterocycles. The molecule has 0 bridgehead atoms. The van der Waals surface area contributed by atoms with Gasteiger partial charge in [0.1, 0.15) is 18.1 Å². The minimum absolute atomic E-state index is 0.196. The number of fused-ring (bicyclic) bond motifs is 1. The van der Waals surface area contributed by atoms with Gasteiger partial charge in [0.2, 0.25) is 5.95 Å². The number of ether oxygens (including phenoxy) is 2. The lowest BCUT2D eigenvalue weighted by molar-refractivity contribution is -0.398. The van der Waals surface area contributed by atoms with Crippen molar-refractivity contribution in [3.05, 3.63) is 45.4 Å². The number of nitrogens with zero attached hydrogens (tertiary/aromatic N) is 4. The number of carbonyl (C=O) groups excluding carboxylic acids is 1. The Morgan fingerprint density at radius 1 is 1.39 bits per heavy atom. The van der Waals surface area contributed by atoms with E-state index < -0.39 is 28.4 Å². The molecule has 0 aliphatic carbocycles. The molecule has 1 aliphatic rings. The molecule has 28 heavy (non-hydrogen) atoms. The van der Waals surface area contributed by atoms with Crippen LogP contribution in [0.15, 0.2) is 29.7 Å². The van der Waals surface area contributed by atoms with Crippen LogP contribution < -0.4 is 15.2 Å². The summed E-state index contributed by atoms with van der Waals surface area (Å²) in [7, 11) is 1.24. The van der Waals surface area contributed by atoms with Crippen molar-refractivity contribution in [2.45, 2.75) is 32.9 Å². The maximum atomic E-state index is 12.8. The van der Waals surface area contributed by atoms with E-state index in [1.165, 1.54) is 24.2 Å². The minimum atomic E-state index is -0.891. The van der Waals surface area contributed by atoms with Crippen LogP contribution in [0.4, 0.5) is 11.6 Å². The van der Waals surface area contributed by atoms with Gasteiger partial charge in [-0.05, 0) is 32.4 Å². The first-order valence-electron chi connectivity index (χ1n) is 8.36. The highest BCUT2D eigenvalue weighted by atomic mass is 16.6. The fraction of sp³-hybridized carbons (Fsp3) is 0.353. The van der Waals surface area contributed by atoms with Crippen LogP contribution in [-0.4, -0.2) is 38.9 Å². The van der Waals surface area contributed by atoms with Crippen molar-refractivity contribution < 1.29 is 24.3 Å². The van der Waals surface area contributed by atoms with Gasteiger partial charge in [-0.25, -0.2) is 9.48 Å². The van der Waals surface area contributed by atoms with Crippen LogP contribution in [-0.2, 0) is 9.53 Å². The molecule has 1 N–H and O–H groups in total. The molecule has 148 valence electrons. The van der Waals surface area contributed by atoms with Gasteiger partial charge in [-0.15, -0.1) is 0 Å². The standard InChI is InChI=1S/C17H19N5O6/c1-8(2)28-16(24)13-9(3)20-17-18-7-19-21(17)14(13)10-5-11(22(25)26)15(23)12(6-10)27-4/h5-8,14,23H,1-4H3,(H,18,19,20)/p-1/t14-/m1/s1. The van der Waals surface area contributed by atoms with E-state index in [0.717, 1.165) is 6.07 Å². The molecule has 0 fully saturated rings. The van der Waals surface area contributed by atoms with E-state index >= 15 is 0 Å². The molecule has 0 saturated heterocycles. The molecule has 1 aromatic carbocycles. The summed E-state index contributed by atoms with van der Waals surface area (Å²) in [6.07, 6.45) is 0.908. The molecule has 11 heteroatoms. The van der Waals surface area contributed by atoms with E-state index in [4.69, 9.17) is 9.47 Å². The summed E-state index contributed by atoms with van der Waals surface area (Å²) in [6.45, 7) is 5.08. The van der Waals surface area contributed by atoms with E-state index in [-0.39, 0.29) is 23.0 Å². The second-order valence-electron chi connectivity index (χ2n) is 6.38. The lowest BCUT2D eigenvalue weighted by atomic mass is 9.95. The van der Waals surface area contributed by atoms with E-state index in [1.54, 1.807) is 20.8 Å². The molecule has 2 aromatic rings. The van der Waals surface area contributed by atoms with Crippen molar-refractivity contribution in [2.75, 3.05) is 12.4 Å². The summed E-state index contributed by atoms with van der Waals surface area (Å²) < 4.78 is 11.7. The summed E-state index contributed by atoms with van der Waals surface area (Å²) >= 11 is 0. The molecule has 0 spiro atoms. The molecule has 3 rings (SSSR count). The topological polar surface area (TPSA) is 144 Å². The Morgan fingerprint density at radius 2 is 2.11 bits per heavy atom. The van der Waals surface area contributed by atoms with Gasteiger partial charge in [-0.2, -0.15) is 10.1 Å². The van der Waals surface area contributed by atoms with Crippen molar-refractivity contribution >= 4 is 17.6 Å². The average molecular weight is 388 g/mol. The maximum absolute atomic E-state index is 12.8. The van der Waals surface area contributed by atoms with Crippen molar-refractivity contribution in [3.63, 3.8) is 0 Å². The molecular weight excluding hydrogens is 370 g/mol. The molecule has 0 amide bonds. The Hall–Kier alpha value is -3.63. The zero-order valence-electron chi connectivity index (χ0n) is 15.6. The number of nitrogens with one attached hydrogen (secondary N) is 1. The van der Waals surface area contributed by atoms with E-state index in [0.29, 0.717) is 11.6 Å². The highest BCUT2D eigenvalue weighted by Crippen LogP contribution is 2.41. The van der Waals surface area contributed by atoms with Crippen molar-refractivity contribution in [2.24, 2.45) is 0 Å². The van der Waals surface area contributed by atoms with Gasteiger partial charge >= 0.3 is 5.97 Å². The average Bonchev–Trinajstić information content (AvgIpc) is 3.07. The molecule has 11 nitrogen and oxygen atoms in total. The molecular formula is C17H18N5O6-. The number of benzene rings is 1. The first kappa shape index (κ1) is 19.1. The monoisotopic (exact) mass is 388 g/mol. The van der Waals surface area contributed by atoms with Crippen LogP contribution in [0.1, 0.15) is 32.4 Å². The van der Waals surface area contributed by atoms with Crippen molar-refractivity contribution in [1.82, 2.24) is 14.8 Å². The first-order chi connectivity index (χ1) is 13.2. The van der Waals surface area contributed by atoms with Gasteiger partial charge in [-0.1, -0.05) is 0 Å². The van der Waals surface area contributed by atoms with Crippen LogP contribution in [0.3, 0.4) is 0 Å². The first-order valence-corrected chi connectivity index (χ1v) is 8.36. The van der Waals surface area contributed by atoms with Crippen molar-refractivity contribution in [3.8, 4) is 11.5 Å². The zero-order valence-corrected chi connectivity index (χ0v) is 15.6. The molecule has 0 radical (unpaired) electrons. The number of methoxy groups -OCH3 is 1. The number of allylic oxidation sites excluding steroid dienone is 1. The third kappa shape index (κ3) is 3.21. The van der Waals surface area contributed by atoms with Gasteiger partial charge in [0.25, 0.3) is 5.69 Å². The summed E-state index contributed by atoms with van der Waals surface area (Å²) in [6, 6.07) is 1.58. The predicted octanol–water partition coefficient (Wildman–Crippen LogP) is 1.51. The maximum Gasteiger partial charge on any atom is 0.338 e. The second kappa shape index (κ2) is 7.18. The van der Waals surface area contributed by atoms with E-state index in [2.05, 4.69) is 15.4 Å². The third-order valence-electron chi connectivity index (χ3n) is 4.15. The van der Waals surface area contributed by atoms with E-state index in [9.17, 15) is 20.0 Å². The normalized spacial score (nSPS) is 15.8. The Labute approximate surface area is 159 Å². The van der Waals surface area contributed by atoms with Crippen LogP contribution in [0, 0.1) is 10.1 Å². The fourth-order valence-corrected chi connectivity index (χ4v) is 2.99. The third-order valence-corrected chi connectivity index (χ3v) is 4.15. The van der Waals surface area contributed by atoms with Crippen LogP contribution in [0.5, 0.6) is 11.5 Å². The predicted molar refractivity (Wildman–Crippen MR) is 94.8 cm³/mol. The Bertz CT molecular complexity index is 980. The Kier molecular flexibility index (Phi) is 4.91. The number of nitro groups is 1. The number of nitro benzene ring substituents is 1. The second-order valence-corrected chi connectivity index (χ2v) is 6.38. The fourth-order valence-electron chi connectivity index (χ4n) is 2.99. The number of rotatable bonds is 5. The number of anilines is 1. The number of hydrogen-bond donors (Lipinski definition) is 1. The highest BCUT2D eigenvalue weighted by molar-refractivity contribution is 5.92. The number of carbonyl (C=O) groups is 1. The highest BCUT2D eigenvalue weighted by Gasteiger charge is 2.36. The quantitative estimate of drug-likeness (QED) is 0.457. The molecule has 0 saturated carbocycles. The van der Waals surface area contributed by atoms with Gasteiger partial charge in [-0.3, -0.25) is 10.1 Å². The SMILES string of the molecule is COc1cc([C@@H]2C(C(=O)OC(C)C)=C(C)Nc3ncnn32)cc([N+](=O)[O-])c1[O-]. The molecule has 1 aromatic heterocycles. The zero-order chi connectivity index (χ0) is 20.6. The summed E-state index contributed by atoms with van der Waals surface area (Å²) in [4.78, 5) is 27.4. The molecule has 0 unspecified atom stereocenters. The number of aromatic nitrogens is 3. The van der Waals surface area contributed by atoms with Gasteiger partial charge in [0.05, 0.1) is 23.7 Å². The largest absolute Gasteiger partial charge is 0.865 e. The van der Waals surface area contributed by atoms with Crippen LogP contribution in [0.2, 0.25) is 0 Å². The van der Waals surface area contributed by atoms with Crippen molar-refractivity contribution in [1.29, 1.82) is 0 Å². The van der Waals surface area contributed by atoms with Gasteiger partial charge < -0.3 is 19.9 Å². The van der Waals surface area contributed by atoms with Gasteiger partial charge in [0.15, 0.2) is 0 Å². The number of hydrogen-bond acceptors (Lipinski definition) is 9. The van der Waals surface area contributed by atoms with Crippen LogP contribution >= 0.6 is 0 Å². The van der Waals surface area contributed by atoms with E-state index in [1.807, 2.05) is 0 Å². The van der Waals surface area contributed by atoms with Crippen LogP contribution in [0.25, 0.3) is 0 Å². The lowest BCUT2D eigenvalue weighted by Crippen LogP contribution is -2.30. The lowest BCUT2D eigenvalue weighted by Gasteiger charge is -2.29. The Morgan fingerprint density at radius 3 is 2.71 bits per heavy atom. The summed E-state index contributed by atoms with van der Waals surface area (Å²) in [5, 5.41) is 30.6. The smallest absolute Gasteiger partial charge is 0.338 e.